The Bertz CT molecular complexity index is 486. The van der Waals surface area contributed by atoms with Crippen LogP contribution in [-0.2, 0) is 19.6 Å². The number of nitrogens with one attached hydrogen (secondary N) is 1. The van der Waals surface area contributed by atoms with Crippen LogP contribution < -0.4 is 5.32 Å². The summed E-state index contributed by atoms with van der Waals surface area (Å²) in [6, 6.07) is 2.22. The normalized spacial score (nSPS) is 11.1. The molecule has 0 atom stereocenters. The second-order valence-electron chi connectivity index (χ2n) is 4.25. The molecule has 98 valence electrons. The molecule has 2 rings (SSSR count). The Labute approximate surface area is 110 Å². The summed E-state index contributed by atoms with van der Waals surface area (Å²) in [6.07, 6.45) is 1.86. The number of hydrogen-bond donors (Lipinski definition) is 2. The van der Waals surface area contributed by atoms with Gasteiger partial charge in [0.25, 0.3) is 0 Å². The lowest BCUT2D eigenvalue weighted by Crippen LogP contribution is -2.12. The number of nitrogens with zero attached hydrogens (tertiary/aromatic N) is 3. The number of aryl methyl sites for hydroxylation is 2. The van der Waals surface area contributed by atoms with Crippen LogP contribution in [0.2, 0.25) is 0 Å². The van der Waals surface area contributed by atoms with E-state index in [1.54, 1.807) is 4.68 Å². The molecule has 0 saturated carbocycles. The molecule has 0 aliphatic heterocycles. The molecule has 0 radical (unpaired) electrons. The molecule has 5 nitrogen and oxygen atoms in total. The Morgan fingerprint density at radius 2 is 2.22 bits per heavy atom. The molecule has 0 amide bonds. The van der Waals surface area contributed by atoms with Gasteiger partial charge in [0.05, 0.1) is 18.8 Å². The van der Waals surface area contributed by atoms with Crippen molar-refractivity contribution in [3.63, 3.8) is 0 Å². The minimum atomic E-state index is 0.0873. The van der Waals surface area contributed by atoms with E-state index < -0.39 is 0 Å². The van der Waals surface area contributed by atoms with Gasteiger partial charge in [-0.1, -0.05) is 5.21 Å². The van der Waals surface area contributed by atoms with Gasteiger partial charge in [-0.05, 0) is 25.5 Å². The average Bonchev–Trinajstić information content (AvgIpc) is 2.88. The second kappa shape index (κ2) is 6.08. The Kier molecular flexibility index (Phi) is 4.46. The van der Waals surface area contributed by atoms with Gasteiger partial charge in [0.15, 0.2) is 0 Å². The molecular formula is C12H18N4OS. The van der Waals surface area contributed by atoms with Crippen molar-refractivity contribution in [3.8, 4) is 0 Å². The highest BCUT2D eigenvalue weighted by molar-refractivity contribution is 7.12. The number of thiophene rings is 1. The fraction of sp³-hybridized carbons (Fsp3) is 0.500. The number of aliphatic hydroxyl groups excluding tert-OH is 1. The summed E-state index contributed by atoms with van der Waals surface area (Å²) in [5, 5.41) is 20.1. The van der Waals surface area contributed by atoms with Crippen LogP contribution in [0.5, 0.6) is 0 Å². The van der Waals surface area contributed by atoms with E-state index >= 15 is 0 Å². The minimum Gasteiger partial charge on any atom is -0.394 e. The molecule has 0 saturated heterocycles. The maximum Gasteiger partial charge on any atom is 0.0964 e. The average molecular weight is 266 g/mol. The molecular weight excluding hydrogens is 248 g/mol. The standard InChI is InChI=1S/C12H18N4OS/c1-9-5-12(18-10(9)2)7-13-6-11-8-16(3-4-17)15-14-11/h5,8,13,17H,3-4,6-7H2,1-2H3. The zero-order chi connectivity index (χ0) is 13.0. The van der Waals surface area contributed by atoms with E-state index in [1.165, 1.54) is 15.3 Å². The van der Waals surface area contributed by atoms with Crippen LogP contribution in [0.15, 0.2) is 12.3 Å². The van der Waals surface area contributed by atoms with Crippen LogP contribution in [-0.4, -0.2) is 26.7 Å². The monoisotopic (exact) mass is 266 g/mol. The van der Waals surface area contributed by atoms with E-state index in [4.69, 9.17) is 5.11 Å². The van der Waals surface area contributed by atoms with Crippen LogP contribution in [0.3, 0.4) is 0 Å². The van der Waals surface area contributed by atoms with Crippen molar-refractivity contribution < 1.29 is 5.11 Å². The number of aromatic nitrogens is 3. The molecule has 0 bridgehead atoms. The first kappa shape index (κ1) is 13.2. The van der Waals surface area contributed by atoms with Crippen molar-refractivity contribution in [3.05, 3.63) is 33.3 Å². The van der Waals surface area contributed by atoms with Gasteiger partial charge < -0.3 is 10.4 Å². The Hall–Kier alpha value is -1.24. The van der Waals surface area contributed by atoms with Crippen molar-refractivity contribution in [1.29, 1.82) is 0 Å². The van der Waals surface area contributed by atoms with Gasteiger partial charge in [0, 0.05) is 29.0 Å². The third-order valence-electron chi connectivity index (χ3n) is 2.74. The first-order valence-electron chi connectivity index (χ1n) is 5.95. The van der Waals surface area contributed by atoms with Gasteiger partial charge in [-0.25, -0.2) is 4.68 Å². The second-order valence-corrected chi connectivity index (χ2v) is 5.59. The lowest BCUT2D eigenvalue weighted by Gasteiger charge is -1.99. The zero-order valence-corrected chi connectivity index (χ0v) is 11.5. The van der Waals surface area contributed by atoms with E-state index in [9.17, 15) is 0 Å². The quantitative estimate of drug-likeness (QED) is 0.825. The zero-order valence-electron chi connectivity index (χ0n) is 10.7. The van der Waals surface area contributed by atoms with E-state index in [2.05, 4.69) is 35.5 Å². The number of aliphatic hydroxyl groups is 1. The lowest BCUT2D eigenvalue weighted by molar-refractivity contribution is 0.268. The summed E-state index contributed by atoms with van der Waals surface area (Å²) in [7, 11) is 0. The topological polar surface area (TPSA) is 63.0 Å². The minimum absolute atomic E-state index is 0.0873. The summed E-state index contributed by atoms with van der Waals surface area (Å²) in [5.41, 5.74) is 2.25. The number of rotatable bonds is 6. The summed E-state index contributed by atoms with van der Waals surface area (Å²) < 4.78 is 1.65. The summed E-state index contributed by atoms with van der Waals surface area (Å²) in [4.78, 5) is 2.72. The van der Waals surface area contributed by atoms with Crippen molar-refractivity contribution in [2.45, 2.75) is 33.5 Å². The van der Waals surface area contributed by atoms with Crippen LogP contribution in [0.4, 0.5) is 0 Å². The van der Waals surface area contributed by atoms with Gasteiger partial charge in [-0.2, -0.15) is 0 Å². The van der Waals surface area contributed by atoms with Crippen molar-refractivity contribution >= 4 is 11.3 Å². The molecule has 2 N–H and O–H groups in total. The molecule has 2 heterocycles. The van der Waals surface area contributed by atoms with Gasteiger partial charge in [-0.15, -0.1) is 16.4 Å². The fourth-order valence-electron chi connectivity index (χ4n) is 1.68. The van der Waals surface area contributed by atoms with Crippen LogP contribution in [0.1, 0.15) is 21.0 Å². The summed E-state index contributed by atoms with van der Waals surface area (Å²) in [6.45, 7) is 6.41. The van der Waals surface area contributed by atoms with Gasteiger partial charge in [0.2, 0.25) is 0 Å². The SMILES string of the molecule is Cc1cc(CNCc2cn(CCO)nn2)sc1C. The highest BCUT2D eigenvalue weighted by Crippen LogP contribution is 2.20. The fourth-order valence-corrected chi connectivity index (χ4v) is 2.70. The molecule has 0 spiro atoms. The smallest absolute Gasteiger partial charge is 0.0964 e. The molecule has 0 aliphatic rings. The molecule has 18 heavy (non-hydrogen) atoms. The van der Waals surface area contributed by atoms with Crippen molar-refractivity contribution in [1.82, 2.24) is 20.3 Å². The van der Waals surface area contributed by atoms with Crippen LogP contribution in [0, 0.1) is 13.8 Å². The van der Waals surface area contributed by atoms with Gasteiger partial charge >= 0.3 is 0 Å². The molecule has 6 heteroatoms. The van der Waals surface area contributed by atoms with E-state index in [0.717, 1.165) is 12.2 Å². The third kappa shape index (κ3) is 3.38. The third-order valence-corrected chi connectivity index (χ3v) is 3.89. The van der Waals surface area contributed by atoms with Crippen molar-refractivity contribution in [2.24, 2.45) is 0 Å². The maximum atomic E-state index is 8.78. The van der Waals surface area contributed by atoms with Gasteiger partial charge in [0.1, 0.15) is 0 Å². The highest BCUT2D eigenvalue weighted by Gasteiger charge is 2.03. The van der Waals surface area contributed by atoms with E-state index in [-0.39, 0.29) is 6.61 Å². The molecule has 0 fully saturated rings. The predicted molar refractivity (Wildman–Crippen MR) is 71.4 cm³/mol. The first-order chi connectivity index (χ1) is 8.69. The number of hydrogen-bond acceptors (Lipinski definition) is 5. The Morgan fingerprint density at radius 1 is 1.39 bits per heavy atom. The molecule has 0 aliphatic carbocycles. The Balaban J connectivity index is 1.80. The largest absolute Gasteiger partial charge is 0.394 e. The lowest BCUT2D eigenvalue weighted by atomic mass is 10.3. The van der Waals surface area contributed by atoms with Crippen molar-refractivity contribution in [2.75, 3.05) is 6.61 Å². The van der Waals surface area contributed by atoms with E-state index in [1.807, 2.05) is 17.5 Å². The molecule has 0 unspecified atom stereocenters. The predicted octanol–water partition coefficient (Wildman–Crippen LogP) is 1.24. The molecule has 2 aromatic heterocycles. The molecule has 0 aromatic carbocycles. The van der Waals surface area contributed by atoms with E-state index in [0.29, 0.717) is 13.1 Å². The van der Waals surface area contributed by atoms with Crippen LogP contribution >= 0.6 is 11.3 Å². The highest BCUT2D eigenvalue weighted by atomic mass is 32.1. The van der Waals surface area contributed by atoms with Gasteiger partial charge in [-0.3, -0.25) is 0 Å². The first-order valence-corrected chi connectivity index (χ1v) is 6.77. The maximum absolute atomic E-state index is 8.78. The van der Waals surface area contributed by atoms with Crippen LogP contribution in [0.25, 0.3) is 0 Å². The molecule has 2 aromatic rings. The Morgan fingerprint density at radius 3 is 2.89 bits per heavy atom. The summed E-state index contributed by atoms with van der Waals surface area (Å²) in [5.74, 6) is 0. The summed E-state index contributed by atoms with van der Waals surface area (Å²) >= 11 is 1.83.